The lowest BCUT2D eigenvalue weighted by molar-refractivity contribution is -0.135. The van der Waals surface area contributed by atoms with Crippen molar-refractivity contribution < 1.29 is 39.0 Å². The Morgan fingerprint density at radius 3 is 1.52 bits per heavy atom. The summed E-state index contributed by atoms with van der Waals surface area (Å²) in [5.74, 6) is -4.87. The first-order chi connectivity index (χ1) is 28.4. The molecule has 6 amide bonds. The first-order valence-corrected chi connectivity index (χ1v) is 20.3. The van der Waals surface area contributed by atoms with Gasteiger partial charge < -0.3 is 42.5 Å². The summed E-state index contributed by atoms with van der Waals surface area (Å²) in [6.45, 7) is 11.0. The Hall–Kier alpha value is -6.44. The van der Waals surface area contributed by atoms with E-state index < -0.39 is 71.6 Å². The van der Waals surface area contributed by atoms with Gasteiger partial charge in [-0.3, -0.25) is 28.8 Å². The topological polar surface area (TPSA) is 229 Å². The molecule has 0 aliphatic heterocycles. The second-order valence-electron chi connectivity index (χ2n) is 16.4. The highest BCUT2D eigenvalue weighted by Crippen LogP contribution is 2.28. The van der Waals surface area contributed by atoms with E-state index >= 15 is 0 Å². The van der Waals surface area contributed by atoms with E-state index in [4.69, 9.17) is 5.73 Å². The molecule has 0 bridgehead atoms. The summed E-state index contributed by atoms with van der Waals surface area (Å²) < 4.78 is 0. The zero-order chi connectivity index (χ0) is 44.1. The van der Waals surface area contributed by atoms with E-state index in [1.807, 2.05) is 39.8 Å². The number of phenolic OH excluding ortho intramolecular Hbond substituents is 2. The van der Waals surface area contributed by atoms with Gasteiger partial charge in [-0.05, 0) is 76.8 Å². The van der Waals surface area contributed by atoms with Gasteiger partial charge >= 0.3 is 0 Å². The van der Waals surface area contributed by atoms with E-state index in [0.717, 1.165) is 0 Å². The Labute approximate surface area is 351 Å². The molecule has 0 aromatic heterocycles. The maximum Gasteiger partial charge on any atom is 0.255 e. The average molecular weight is 823 g/mol. The zero-order valence-corrected chi connectivity index (χ0v) is 35.0. The lowest BCUT2D eigenvalue weighted by Crippen LogP contribution is -2.60. The molecule has 320 valence electrons. The van der Waals surface area contributed by atoms with Gasteiger partial charge in [0.05, 0.1) is 5.56 Å². The van der Waals surface area contributed by atoms with Crippen molar-refractivity contribution >= 4 is 46.2 Å². The molecule has 0 spiro atoms. The largest absolute Gasteiger partial charge is 0.508 e. The molecule has 0 fully saturated rings. The molecular weight excluding hydrogens is 765 g/mol. The highest BCUT2D eigenvalue weighted by molar-refractivity contribution is 6.04. The minimum Gasteiger partial charge on any atom is -0.508 e. The molecule has 4 aromatic rings. The quantitative estimate of drug-likeness (QED) is 0.0648. The standard InChI is InChI=1S/C46H58N6O8/c1-26(2)19-35(41(47)55)48-46(60)40(28(5)6)52-45(59)38(22-30-15-11-8-12-16-30)51-44(58)37(21-29-13-9-7-10-14-29)50-43(57)36(20-27(3)4)49-42(56)34-24-32-23-33(53)18-17-31(32)25-39(34)54/h7-18,23-28,35-38,40,53-54H,19-22H2,1-6H3,(H2,47,55)(H,48,60)(H,49,56)(H,50,57)(H,51,58)(H,52,59)/t35-,36-,37-,38-,40-/m1/s1. The van der Waals surface area contributed by atoms with Crippen LogP contribution in [0, 0.1) is 17.8 Å². The Morgan fingerprint density at radius 1 is 0.533 bits per heavy atom. The van der Waals surface area contributed by atoms with Crippen molar-refractivity contribution in [3.05, 3.63) is 108 Å². The molecule has 5 atom stereocenters. The number of primary amides is 1. The Bertz CT molecular complexity index is 2130. The SMILES string of the molecule is CC(C)C[C@@H](NC(=O)[C@H](NC(=O)[C@@H](Cc1ccccc1)NC(=O)[C@@H](Cc1ccccc1)NC(=O)[C@@H](CC(C)C)NC(=O)c1cc2cc(O)ccc2cc1O)C(C)C)C(N)=O. The molecule has 4 aromatic carbocycles. The smallest absolute Gasteiger partial charge is 0.255 e. The molecule has 4 rings (SSSR count). The van der Waals surface area contributed by atoms with Crippen LogP contribution in [0.2, 0.25) is 0 Å². The first-order valence-electron chi connectivity index (χ1n) is 20.3. The number of benzene rings is 4. The number of amides is 6. The third-order valence-corrected chi connectivity index (χ3v) is 9.96. The summed E-state index contributed by atoms with van der Waals surface area (Å²) in [5.41, 5.74) is 6.89. The number of aromatic hydroxyl groups is 2. The molecule has 0 heterocycles. The number of carbonyl (C=O) groups excluding carboxylic acids is 6. The number of rotatable bonds is 20. The van der Waals surface area contributed by atoms with Crippen molar-refractivity contribution in [1.82, 2.24) is 26.6 Å². The Morgan fingerprint density at radius 2 is 1.02 bits per heavy atom. The second-order valence-corrected chi connectivity index (χ2v) is 16.4. The lowest BCUT2D eigenvalue weighted by atomic mass is 9.98. The molecular formula is C46H58N6O8. The van der Waals surface area contributed by atoms with Crippen molar-refractivity contribution in [2.45, 2.75) is 97.4 Å². The van der Waals surface area contributed by atoms with Gasteiger partial charge in [0.1, 0.15) is 41.7 Å². The summed E-state index contributed by atoms with van der Waals surface area (Å²) in [6, 6.07) is 19.6. The van der Waals surface area contributed by atoms with Gasteiger partial charge in [-0.15, -0.1) is 0 Å². The second kappa shape index (κ2) is 21.5. The van der Waals surface area contributed by atoms with Crippen molar-refractivity contribution in [2.24, 2.45) is 23.5 Å². The fourth-order valence-electron chi connectivity index (χ4n) is 6.82. The summed E-state index contributed by atoms with van der Waals surface area (Å²) in [6.07, 6.45) is 0.543. The van der Waals surface area contributed by atoms with Crippen LogP contribution in [0.3, 0.4) is 0 Å². The molecule has 0 aliphatic rings. The van der Waals surface area contributed by atoms with E-state index in [0.29, 0.717) is 28.3 Å². The number of carbonyl (C=O) groups is 6. The fraction of sp³-hybridized carbons (Fsp3) is 0.391. The first kappa shape index (κ1) is 46.3. The van der Waals surface area contributed by atoms with E-state index in [1.54, 1.807) is 68.4 Å². The fourth-order valence-corrected chi connectivity index (χ4v) is 6.82. The number of phenols is 2. The van der Waals surface area contributed by atoms with Gasteiger partial charge in [-0.2, -0.15) is 0 Å². The van der Waals surface area contributed by atoms with Crippen LogP contribution in [0.4, 0.5) is 0 Å². The van der Waals surface area contributed by atoms with Crippen molar-refractivity contribution in [3.63, 3.8) is 0 Å². The molecule has 0 saturated carbocycles. The van der Waals surface area contributed by atoms with E-state index in [1.165, 1.54) is 24.3 Å². The summed E-state index contributed by atoms with van der Waals surface area (Å²) >= 11 is 0. The highest BCUT2D eigenvalue weighted by Gasteiger charge is 2.34. The maximum absolute atomic E-state index is 14.4. The van der Waals surface area contributed by atoms with Crippen LogP contribution in [0.25, 0.3) is 10.8 Å². The number of nitrogens with one attached hydrogen (secondary N) is 5. The molecule has 0 saturated heterocycles. The molecule has 0 aliphatic carbocycles. The van der Waals surface area contributed by atoms with Gasteiger partial charge in [-0.25, -0.2) is 0 Å². The monoisotopic (exact) mass is 822 g/mol. The predicted molar refractivity (Wildman–Crippen MR) is 229 cm³/mol. The van der Waals surface area contributed by atoms with Crippen LogP contribution < -0.4 is 32.3 Å². The summed E-state index contributed by atoms with van der Waals surface area (Å²) in [5, 5.41) is 35.6. The van der Waals surface area contributed by atoms with Crippen LogP contribution in [0.1, 0.15) is 75.9 Å². The highest BCUT2D eigenvalue weighted by atomic mass is 16.3. The van der Waals surface area contributed by atoms with Crippen LogP contribution in [-0.4, -0.2) is 75.9 Å². The van der Waals surface area contributed by atoms with Gasteiger partial charge in [0.15, 0.2) is 0 Å². The Balaban J connectivity index is 1.62. The van der Waals surface area contributed by atoms with E-state index in [9.17, 15) is 39.0 Å². The molecule has 14 nitrogen and oxygen atoms in total. The molecule has 0 unspecified atom stereocenters. The third kappa shape index (κ3) is 13.6. The normalized spacial score (nSPS) is 13.8. The van der Waals surface area contributed by atoms with Gasteiger partial charge in [0, 0.05) is 12.8 Å². The predicted octanol–water partition coefficient (Wildman–Crippen LogP) is 4.01. The van der Waals surface area contributed by atoms with Crippen LogP contribution in [-0.2, 0) is 36.8 Å². The van der Waals surface area contributed by atoms with Gasteiger partial charge in [-0.1, -0.05) is 108 Å². The number of hydrogen-bond acceptors (Lipinski definition) is 8. The number of hydrogen-bond donors (Lipinski definition) is 8. The summed E-state index contributed by atoms with van der Waals surface area (Å²) in [4.78, 5) is 82.0. The minimum absolute atomic E-state index is 0.0245. The van der Waals surface area contributed by atoms with Crippen LogP contribution in [0.15, 0.2) is 91.0 Å². The van der Waals surface area contributed by atoms with Crippen LogP contribution >= 0.6 is 0 Å². The van der Waals surface area contributed by atoms with Crippen molar-refractivity contribution in [2.75, 3.05) is 0 Å². The summed E-state index contributed by atoms with van der Waals surface area (Å²) in [7, 11) is 0. The molecule has 60 heavy (non-hydrogen) atoms. The van der Waals surface area contributed by atoms with E-state index in [2.05, 4.69) is 26.6 Å². The van der Waals surface area contributed by atoms with E-state index in [-0.39, 0.29) is 48.2 Å². The zero-order valence-electron chi connectivity index (χ0n) is 35.0. The minimum atomic E-state index is -1.23. The molecule has 0 radical (unpaired) electrons. The third-order valence-electron chi connectivity index (χ3n) is 9.96. The lowest BCUT2D eigenvalue weighted by Gasteiger charge is -2.29. The van der Waals surface area contributed by atoms with Gasteiger partial charge in [0.25, 0.3) is 5.91 Å². The van der Waals surface area contributed by atoms with Gasteiger partial charge in [0.2, 0.25) is 29.5 Å². The number of fused-ring (bicyclic) bond motifs is 1. The van der Waals surface area contributed by atoms with Crippen molar-refractivity contribution in [3.8, 4) is 11.5 Å². The van der Waals surface area contributed by atoms with Crippen molar-refractivity contribution in [1.29, 1.82) is 0 Å². The van der Waals surface area contributed by atoms with Crippen LogP contribution in [0.5, 0.6) is 11.5 Å². The average Bonchev–Trinajstić information content (AvgIpc) is 3.18. The Kier molecular flexibility index (Phi) is 16.6. The molecule has 14 heteroatoms. The number of nitrogens with two attached hydrogens (primary N) is 1. The maximum atomic E-state index is 14.4. The molecule has 9 N–H and O–H groups in total.